The zero-order valence-corrected chi connectivity index (χ0v) is 17.8. The first kappa shape index (κ1) is 21.4. The fraction of sp³-hybridized carbons (Fsp3) is 0.222. The SMILES string of the molecule is C=CC(=O)OCCCCc1ccc(N(c2ccc(C)cc2)c2ccc(C)cc2)cc1. The van der Waals surface area contributed by atoms with Crippen LogP contribution in [0.25, 0.3) is 0 Å². The van der Waals surface area contributed by atoms with Crippen LogP contribution in [-0.4, -0.2) is 12.6 Å². The van der Waals surface area contributed by atoms with Crippen molar-refractivity contribution in [2.75, 3.05) is 11.5 Å². The van der Waals surface area contributed by atoms with E-state index in [1.54, 1.807) is 0 Å². The third-order valence-electron chi connectivity index (χ3n) is 5.05. The first-order valence-electron chi connectivity index (χ1n) is 10.4. The van der Waals surface area contributed by atoms with E-state index in [-0.39, 0.29) is 5.97 Å². The minimum absolute atomic E-state index is 0.355. The van der Waals surface area contributed by atoms with Gasteiger partial charge in [0.25, 0.3) is 0 Å². The molecule has 0 aliphatic heterocycles. The maximum absolute atomic E-state index is 11.1. The molecule has 0 fully saturated rings. The first-order chi connectivity index (χ1) is 14.6. The minimum atomic E-state index is -0.355. The van der Waals surface area contributed by atoms with Gasteiger partial charge in [-0.15, -0.1) is 0 Å². The number of unbranched alkanes of at least 4 members (excludes halogenated alkanes) is 1. The normalized spacial score (nSPS) is 10.5. The van der Waals surface area contributed by atoms with Crippen LogP contribution in [0.5, 0.6) is 0 Å². The number of aryl methyl sites for hydroxylation is 3. The Morgan fingerprint density at radius 2 is 1.27 bits per heavy atom. The molecule has 3 heteroatoms. The predicted octanol–water partition coefficient (Wildman–Crippen LogP) is 6.83. The van der Waals surface area contributed by atoms with Crippen LogP contribution in [0.4, 0.5) is 17.1 Å². The Balaban J connectivity index is 1.72. The molecule has 0 radical (unpaired) electrons. The van der Waals surface area contributed by atoms with Crippen molar-refractivity contribution in [1.29, 1.82) is 0 Å². The van der Waals surface area contributed by atoms with E-state index < -0.39 is 0 Å². The fourth-order valence-corrected chi connectivity index (χ4v) is 3.31. The Morgan fingerprint density at radius 3 is 1.73 bits per heavy atom. The Bertz CT molecular complexity index is 912. The van der Waals surface area contributed by atoms with E-state index in [9.17, 15) is 4.79 Å². The summed E-state index contributed by atoms with van der Waals surface area (Å²) in [5.74, 6) is -0.355. The van der Waals surface area contributed by atoms with Crippen LogP contribution >= 0.6 is 0 Å². The minimum Gasteiger partial charge on any atom is -0.463 e. The van der Waals surface area contributed by atoms with Gasteiger partial charge in [-0.1, -0.05) is 54.1 Å². The summed E-state index contributed by atoms with van der Waals surface area (Å²) in [5.41, 5.74) is 7.18. The molecule has 0 aromatic heterocycles. The van der Waals surface area contributed by atoms with E-state index >= 15 is 0 Å². The van der Waals surface area contributed by atoms with Crippen molar-refractivity contribution in [3.05, 3.63) is 102 Å². The van der Waals surface area contributed by atoms with Crippen LogP contribution in [0.15, 0.2) is 85.5 Å². The molecular formula is C27H29NO2. The number of ether oxygens (including phenoxy) is 1. The van der Waals surface area contributed by atoms with E-state index in [4.69, 9.17) is 4.74 Å². The van der Waals surface area contributed by atoms with Gasteiger partial charge in [0, 0.05) is 23.1 Å². The summed E-state index contributed by atoms with van der Waals surface area (Å²) in [6.45, 7) is 8.05. The van der Waals surface area contributed by atoms with E-state index in [2.05, 4.69) is 98.1 Å². The van der Waals surface area contributed by atoms with E-state index in [0.29, 0.717) is 6.61 Å². The number of hydrogen-bond acceptors (Lipinski definition) is 3. The molecule has 0 bridgehead atoms. The molecule has 3 nitrogen and oxygen atoms in total. The highest BCUT2D eigenvalue weighted by Crippen LogP contribution is 2.34. The monoisotopic (exact) mass is 399 g/mol. The highest BCUT2D eigenvalue weighted by molar-refractivity contribution is 5.81. The van der Waals surface area contributed by atoms with Gasteiger partial charge in [-0.3, -0.25) is 0 Å². The van der Waals surface area contributed by atoms with Crippen molar-refractivity contribution in [3.8, 4) is 0 Å². The summed E-state index contributed by atoms with van der Waals surface area (Å²) in [4.78, 5) is 13.3. The summed E-state index contributed by atoms with van der Waals surface area (Å²) in [7, 11) is 0. The quantitative estimate of drug-likeness (QED) is 0.224. The van der Waals surface area contributed by atoms with Gasteiger partial charge in [0.1, 0.15) is 0 Å². The van der Waals surface area contributed by atoms with Gasteiger partial charge in [-0.2, -0.15) is 0 Å². The van der Waals surface area contributed by atoms with Crippen molar-refractivity contribution in [3.63, 3.8) is 0 Å². The highest BCUT2D eigenvalue weighted by atomic mass is 16.5. The first-order valence-corrected chi connectivity index (χ1v) is 10.4. The summed E-state index contributed by atoms with van der Waals surface area (Å²) in [6, 6.07) is 25.9. The van der Waals surface area contributed by atoms with Gasteiger partial charge < -0.3 is 9.64 Å². The molecule has 0 unspecified atom stereocenters. The Morgan fingerprint density at radius 1 is 0.800 bits per heavy atom. The molecule has 30 heavy (non-hydrogen) atoms. The van der Waals surface area contributed by atoms with Gasteiger partial charge >= 0.3 is 5.97 Å². The number of rotatable bonds is 9. The maximum atomic E-state index is 11.1. The van der Waals surface area contributed by atoms with Gasteiger partial charge in [-0.25, -0.2) is 4.79 Å². The van der Waals surface area contributed by atoms with Gasteiger partial charge in [0.2, 0.25) is 0 Å². The molecular weight excluding hydrogens is 370 g/mol. The Labute approximate surface area is 179 Å². The summed E-state index contributed by atoms with van der Waals surface area (Å²) in [5, 5.41) is 0. The number of hydrogen-bond donors (Lipinski definition) is 0. The third kappa shape index (κ3) is 5.84. The van der Waals surface area contributed by atoms with Crippen LogP contribution in [0.3, 0.4) is 0 Å². The van der Waals surface area contributed by atoms with Crippen LogP contribution in [0.1, 0.15) is 29.5 Å². The topological polar surface area (TPSA) is 29.5 Å². The summed E-state index contributed by atoms with van der Waals surface area (Å²) >= 11 is 0. The van der Waals surface area contributed by atoms with Crippen molar-refractivity contribution >= 4 is 23.0 Å². The second-order valence-corrected chi connectivity index (χ2v) is 7.50. The zero-order chi connectivity index (χ0) is 21.3. The molecule has 0 aliphatic carbocycles. The smallest absolute Gasteiger partial charge is 0.330 e. The van der Waals surface area contributed by atoms with Crippen molar-refractivity contribution in [1.82, 2.24) is 0 Å². The van der Waals surface area contributed by atoms with Crippen LogP contribution < -0.4 is 4.90 Å². The van der Waals surface area contributed by atoms with E-state index in [0.717, 1.165) is 36.3 Å². The summed E-state index contributed by atoms with van der Waals surface area (Å²) in [6.07, 6.45) is 3.98. The van der Waals surface area contributed by atoms with Gasteiger partial charge in [-0.05, 0) is 75.1 Å². The van der Waals surface area contributed by atoms with E-state index in [1.807, 2.05) is 0 Å². The second-order valence-electron chi connectivity index (χ2n) is 7.50. The highest BCUT2D eigenvalue weighted by Gasteiger charge is 2.12. The molecule has 0 aliphatic rings. The lowest BCUT2D eigenvalue weighted by Crippen LogP contribution is -2.10. The number of benzene rings is 3. The Hall–Kier alpha value is -3.33. The predicted molar refractivity (Wildman–Crippen MR) is 125 cm³/mol. The number of anilines is 3. The molecule has 0 N–H and O–H groups in total. The average molecular weight is 400 g/mol. The molecule has 0 atom stereocenters. The molecule has 0 amide bonds. The Kier molecular flexibility index (Phi) is 7.45. The number of carbonyl (C=O) groups is 1. The lowest BCUT2D eigenvalue weighted by Gasteiger charge is -2.26. The van der Waals surface area contributed by atoms with Crippen LogP contribution in [0.2, 0.25) is 0 Å². The second kappa shape index (κ2) is 10.4. The standard InChI is InChI=1S/C27H29NO2/c1-4-27(29)30-20-6-5-7-23-12-18-26(19-13-23)28(24-14-8-21(2)9-15-24)25-16-10-22(3)11-17-25/h4,8-19H,1,5-7,20H2,2-3H3. The van der Waals surface area contributed by atoms with Crippen molar-refractivity contribution in [2.45, 2.75) is 33.1 Å². The number of carbonyl (C=O) groups excluding carboxylic acids is 1. The molecule has 0 saturated heterocycles. The maximum Gasteiger partial charge on any atom is 0.330 e. The fourth-order valence-electron chi connectivity index (χ4n) is 3.31. The number of nitrogens with zero attached hydrogens (tertiary/aromatic N) is 1. The third-order valence-corrected chi connectivity index (χ3v) is 5.05. The molecule has 0 spiro atoms. The van der Waals surface area contributed by atoms with Crippen LogP contribution in [0, 0.1) is 13.8 Å². The van der Waals surface area contributed by atoms with Crippen molar-refractivity contribution in [2.24, 2.45) is 0 Å². The van der Waals surface area contributed by atoms with Crippen molar-refractivity contribution < 1.29 is 9.53 Å². The molecule has 3 rings (SSSR count). The average Bonchev–Trinajstić information content (AvgIpc) is 2.77. The summed E-state index contributed by atoms with van der Waals surface area (Å²) < 4.78 is 5.03. The zero-order valence-electron chi connectivity index (χ0n) is 17.8. The van der Waals surface area contributed by atoms with Gasteiger partial charge in [0.05, 0.1) is 6.61 Å². The van der Waals surface area contributed by atoms with Gasteiger partial charge in [0.15, 0.2) is 0 Å². The molecule has 0 saturated carbocycles. The lowest BCUT2D eigenvalue weighted by atomic mass is 10.1. The number of esters is 1. The molecule has 154 valence electrons. The lowest BCUT2D eigenvalue weighted by molar-refractivity contribution is -0.137. The van der Waals surface area contributed by atoms with Crippen LogP contribution in [-0.2, 0) is 16.0 Å². The molecule has 3 aromatic rings. The molecule has 0 heterocycles. The molecule has 3 aromatic carbocycles. The largest absolute Gasteiger partial charge is 0.463 e. The van der Waals surface area contributed by atoms with E-state index in [1.165, 1.54) is 22.8 Å².